The summed E-state index contributed by atoms with van der Waals surface area (Å²) >= 11 is 4.39. The Kier molecular flexibility index (Phi) is 7.55. The topological polar surface area (TPSA) is 79.6 Å². The standard InChI is InChI=1S/C23H19BrN2O4S/c1-3-9-26-22(27)21(31-23(26)28)11-17-10-19(29-4-2)20(12-18(17)24)30-14-16-8-6-5-7-15(16)13-25/h3,5-8,10-12H,1,4,9,14H2,2H3/b21-11+. The van der Waals surface area contributed by atoms with Gasteiger partial charge < -0.3 is 9.47 Å². The van der Waals surface area contributed by atoms with Gasteiger partial charge in [-0.25, -0.2) is 0 Å². The van der Waals surface area contributed by atoms with Gasteiger partial charge in [-0.3, -0.25) is 14.5 Å². The van der Waals surface area contributed by atoms with Gasteiger partial charge in [-0.2, -0.15) is 5.26 Å². The Morgan fingerprint density at radius 1 is 1.23 bits per heavy atom. The van der Waals surface area contributed by atoms with Crippen molar-refractivity contribution in [1.29, 1.82) is 5.26 Å². The van der Waals surface area contributed by atoms with Crippen LogP contribution in [-0.4, -0.2) is 29.2 Å². The monoisotopic (exact) mass is 498 g/mol. The first-order chi connectivity index (χ1) is 15.0. The van der Waals surface area contributed by atoms with Crippen LogP contribution in [0, 0.1) is 11.3 Å². The number of hydrogen-bond acceptors (Lipinski definition) is 6. The highest BCUT2D eigenvalue weighted by Gasteiger charge is 2.34. The van der Waals surface area contributed by atoms with Crippen molar-refractivity contribution in [1.82, 2.24) is 4.90 Å². The molecule has 0 N–H and O–H groups in total. The lowest BCUT2D eigenvalue weighted by molar-refractivity contribution is -0.122. The van der Waals surface area contributed by atoms with Crippen LogP contribution in [0.4, 0.5) is 4.79 Å². The number of carbonyl (C=O) groups is 2. The van der Waals surface area contributed by atoms with E-state index in [9.17, 15) is 14.9 Å². The van der Waals surface area contributed by atoms with Crippen molar-refractivity contribution in [3.8, 4) is 17.6 Å². The Morgan fingerprint density at radius 3 is 2.68 bits per heavy atom. The normalized spacial score (nSPS) is 14.6. The second-order valence-corrected chi connectivity index (χ2v) is 8.24. The van der Waals surface area contributed by atoms with Crippen LogP contribution in [0.2, 0.25) is 0 Å². The van der Waals surface area contributed by atoms with E-state index in [0.717, 1.165) is 22.2 Å². The second kappa shape index (κ2) is 10.3. The number of thioether (sulfide) groups is 1. The average Bonchev–Trinajstić information content (AvgIpc) is 3.03. The lowest BCUT2D eigenvalue weighted by Gasteiger charge is -2.15. The van der Waals surface area contributed by atoms with Crippen molar-refractivity contribution in [2.75, 3.05) is 13.2 Å². The molecule has 2 amide bonds. The molecule has 1 heterocycles. The highest BCUT2D eigenvalue weighted by Crippen LogP contribution is 2.38. The number of rotatable bonds is 8. The predicted molar refractivity (Wildman–Crippen MR) is 124 cm³/mol. The molecule has 0 saturated carbocycles. The summed E-state index contributed by atoms with van der Waals surface area (Å²) in [5.41, 5.74) is 1.99. The Bertz CT molecular complexity index is 1110. The molecule has 6 nitrogen and oxygen atoms in total. The third kappa shape index (κ3) is 5.19. The van der Waals surface area contributed by atoms with Gasteiger partial charge in [-0.15, -0.1) is 6.58 Å². The summed E-state index contributed by atoms with van der Waals surface area (Å²) < 4.78 is 12.3. The van der Waals surface area contributed by atoms with Crippen LogP contribution >= 0.6 is 27.7 Å². The predicted octanol–water partition coefficient (Wildman–Crippen LogP) is 5.52. The van der Waals surface area contributed by atoms with E-state index in [1.54, 1.807) is 30.3 Å². The quantitative estimate of drug-likeness (QED) is 0.352. The minimum atomic E-state index is -0.354. The summed E-state index contributed by atoms with van der Waals surface area (Å²) in [4.78, 5) is 26.0. The van der Waals surface area contributed by atoms with E-state index in [1.165, 1.54) is 6.08 Å². The smallest absolute Gasteiger partial charge is 0.293 e. The molecule has 1 aliphatic rings. The fourth-order valence-corrected chi connectivity index (χ4v) is 4.16. The molecule has 0 bridgehead atoms. The molecule has 0 atom stereocenters. The number of hydrogen-bond donors (Lipinski definition) is 0. The van der Waals surface area contributed by atoms with Gasteiger partial charge in [0.05, 0.1) is 23.1 Å². The Balaban J connectivity index is 1.89. The number of nitrogens with zero attached hydrogens (tertiary/aromatic N) is 2. The SMILES string of the molecule is C=CCN1C(=O)S/C(=C/c2cc(OCC)c(OCc3ccccc3C#N)cc2Br)C1=O. The largest absolute Gasteiger partial charge is 0.490 e. The van der Waals surface area contributed by atoms with E-state index < -0.39 is 0 Å². The molecule has 0 aliphatic carbocycles. The first-order valence-corrected chi connectivity index (χ1v) is 11.0. The summed E-state index contributed by atoms with van der Waals surface area (Å²) in [7, 11) is 0. The highest BCUT2D eigenvalue weighted by molar-refractivity contribution is 9.10. The molecule has 2 aromatic rings. The summed E-state index contributed by atoms with van der Waals surface area (Å²) in [5, 5.41) is 8.93. The van der Waals surface area contributed by atoms with E-state index in [2.05, 4.69) is 28.6 Å². The molecule has 0 unspecified atom stereocenters. The van der Waals surface area contributed by atoms with Crippen LogP contribution in [0.1, 0.15) is 23.6 Å². The first-order valence-electron chi connectivity index (χ1n) is 9.41. The molecule has 3 rings (SSSR count). The summed E-state index contributed by atoms with van der Waals surface area (Å²) in [5.74, 6) is 0.642. The van der Waals surface area contributed by atoms with E-state index in [0.29, 0.717) is 38.6 Å². The number of ether oxygens (including phenoxy) is 2. The van der Waals surface area contributed by atoms with Crippen LogP contribution in [0.15, 0.2) is 58.4 Å². The van der Waals surface area contributed by atoms with E-state index >= 15 is 0 Å². The average molecular weight is 499 g/mol. The number of imide groups is 1. The maximum Gasteiger partial charge on any atom is 0.293 e. The Labute approximate surface area is 193 Å². The van der Waals surface area contributed by atoms with Crippen LogP contribution in [0.3, 0.4) is 0 Å². The zero-order chi connectivity index (χ0) is 22.4. The van der Waals surface area contributed by atoms with Crippen LogP contribution in [0.5, 0.6) is 11.5 Å². The van der Waals surface area contributed by atoms with Gasteiger partial charge in [0.25, 0.3) is 11.1 Å². The fraction of sp³-hybridized carbons (Fsp3) is 0.174. The number of carbonyl (C=O) groups excluding carboxylic acids is 2. The molecule has 1 aliphatic heterocycles. The summed E-state index contributed by atoms with van der Waals surface area (Å²) in [6, 6.07) is 12.9. The summed E-state index contributed by atoms with van der Waals surface area (Å²) in [6.45, 7) is 6.23. The third-order valence-electron chi connectivity index (χ3n) is 4.36. The number of halogens is 1. The molecule has 31 heavy (non-hydrogen) atoms. The van der Waals surface area contributed by atoms with E-state index in [4.69, 9.17) is 9.47 Å². The number of amides is 2. The molecule has 8 heteroatoms. The molecular weight excluding hydrogens is 480 g/mol. The molecule has 1 fully saturated rings. The Hall–Kier alpha value is -3.02. The lowest BCUT2D eigenvalue weighted by Crippen LogP contribution is -2.27. The maximum atomic E-state index is 12.5. The van der Waals surface area contributed by atoms with Crippen molar-refractivity contribution < 1.29 is 19.1 Å². The molecule has 158 valence electrons. The van der Waals surface area contributed by atoms with Crippen LogP contribution in [0.25, 0.3) is 6.08 Å². The van der Waals surface area contributed by atoms with Gasteiger partial charge in [-0.1, -0.05) is 40.2 Å². The zero-order valence-corrected chi connectivity index (χ0v) is 19.2. The van der Waals surface area contributed by atoms with E-state index in [-0.39, 0.29) is 24.3 Å². The molecular formula is C23H19BrN2O4S. The van der Waals surface area contributed by atoms with Crippen LogP contribution < -0.4 is 9.47 Å². The second-order valence-electron chi connectivity index (χ2n) is 6.39. The highest BCUT2D eigenvalue weighted by atomic mass is 79.9. The summed E-state index contributed by atoms with van der Waals surface area (Å²) in [6.07, 6.45) is 3.16. The zero-order valence-electron chi connectivity index (χ0n) is 16.8. The minimum Gasteiger partial charge on any atom is -0.490 e. The number of nitriles is 1. The third-order valence-corrected chi connectivity index (χ3v) is 5.95. The van der Waals surface area contributed by atoms with Gasteiger partial charge in [0.1, 0.15) is 6.61 Å². The lowest BCUT2D eigenvalue weighted by atomic mass is 10.1. The fourth-order valence-electron chi connectivity index (χ4n) is 2.88. The van der Waals surface area contributed by atoms with Gasteiger partial charge >= 0.3 is 0 Å². The van der Waals surface area contributed by atoms with Gasteiger partial charge in [0.15, 0.2) is 11.5 Å². The maximum absolute atomic E-state index is 12.5. The van der Waals surface area contributed by atoms with Crippen molar-refractivity contribution in [3.63, 3.8) is 0 Å². The minimum absolute atomic E-state index is 0.171. The van der Waals surface area contributed by atoms with Gasteiger partial charge in [-0.05, 0) is 48.5 Å². The number of benzene rings is 2. The molecule has 0 spiro atoms. The molecule has 1 saturated heterocycles. The van der Waals surface area contributed by atoms with Gasteiger partial charge in [0, 0.05) is 16.6 Å². The van der Waals surface area contributed by atoms with Crippen molar-refractivity contribution in [3.05, 3.63) is 75.1 Å². The molecule has 0 radical (unpaired) electrons. The van der Waals surface area contributed by atoms with Crippen molar-refractivity contribution in [2.24, 2.45) is 0 Å². The van der Waals surface area contributed by atoms with Crippen molar-refractivity contribution in [2.45, 2.75) is 13.5 Å². The van der Waals surface area contributed by atoms with Crippen molar-refractivity contribution >= 4 is 44.9 Å². The first kappa shape index (κ1) is 22.7. The Morgan fingerprint density at radius 2 is 1.97 bits per heavy atom. The molecule has 0 aromatic heterocycles. The van der Waals surface area contributed by atoms with E-state index in [1.807, 2.05) is 19.1 Å². The van der Waals surface area contributed by atoms with Crippen LogP contribution in [-0.2, 0) is 11.4 Å². The van der Waals surface area contributed by atoms with Gasteiger partial charge in [0.2, 0.25) is 0 Å². The molecule has 2 aromatic carbocycles.